The highest BCUT2D eigenvalue weighted by Crippen LogP contribution is 2.41. The highest BCUT2D eigenvalue weighted by atomic mass is 19.1. The van der Waals surface area contributed by atoms with Gasteiger partial charge in [-0.15, -0.1) is 0 Å². The molecule has 8 bridgehead atoms. The largest absolute Gasteiger partial charge is 0.493 e. The smallest absolute Gasteiger partial charge is 0.254 e. The Labute approximate surface area is 264 Å². The van der Waals surface area contributed by atoms with E-state index in [2.05, 4.69) is 15.5 Å². The van der Waals surface area contributed by atoms with Crippen LogP contribution in [-0.4, -0.2) is 53.7 Å². The third kappa shape index (κ3) is 5.65. The fraction of sp³-hybridized carbons (Fsp3) is 0.194. The first-order valence-electron chi connectivity index (χ1n) is 15.1. The van der Waals surface area contributed by atoms with Crippen molar-refractivity contribution in [1.82, 2.24) is 20.4 Å². The number of amides is 2. The van der Waals surface area contributed by atoms with Crippen LogP contribution in [0.25, 0.3) is 11.1 Å². The van der Waals surface area contributed by atoms with Crippen LogP contribution in [0.15, 0.2) is 91.3 Å². The van der Waals surface area contributed by atoms with Crippen LogP contribution in [0.3, 0.4) is 0 Å². The Balaban J connectivity index is 1.32. The quantitative estimate of drug-likeness (QED) is 0.245. The van der Waals surface area contributed by atoms with Crippen molar-refractivity contribution in [3.05, 3.63) is 125 Å². The molecule has 1 aromatic heterocycles. The molecule has 9 nitrogen and oxygen atoms in total. The van der Waals surface area contributed by atoms with Crippen LogP contribution in [0.2, 0.25) is 0 Å². The average molecular weight is 619 g/mol. The van der Waals surface area contributed by atoms with Gasteiger partial charge < -0.3 is 24.4 Å². The summed E-state index contributed by atoms with van der Waals surface area (Å²) in [7, 11) is 1.57. The minimum Gasteiger partial charge on any atom is -0.493 e. The number of fused-ring (bicyclic) bond motifs is 6. The van der Waals surface area contributed by atoms with Gasteiger partial charge in [0.25, 0.3) is 11.8 Å². The highest BCUT2D eigenvalue weighted by Gasteiger charge is 2.34. The average Bonchev–Trinajstić information content (AvgIpc) is 3.63. The first kappa shape index (κ1) is 29.1. The Bertz CT molecular complexity index is 1930. The number of nitrogens with zero attached hydrogens (tertiary/aromatic N) is 2. The Kier molecular flexibility index (Phi) is 7.84. The summed E-state index contributed by atoms with van der Waals surface area (Å²) in [5.41, 5.74) is 5.09. The summed E-state index contributed by atoms with van der Waals surface area (Å²) in [5.74, 6) is 0.693. The topological polar surface area (TPSA) is 106 Å². The molecule has 2 amide bonds. The highest BCUT2D eigenvalue weighted by molar-refractivity contribution is 5.96. The lowest BCUT2D eigenvalue weighted by Crippen LogP contribution is -2.40. The second kappa shape index (κ2) is 12.4. The lowest BCUT2D eigenvalue weighted by molar-refractivity contribution is 0.0694. The van der Waals surface area contributed by atoms with Gasteiger partial charge in [0.15, 0.2) is 11.5 Å². The monoisotopic (exact) mass is 618 g/mol. The number of aromatic nitrogens is 2. The van der Waals surface area contributed by atoms with E-state index in [1.54, 1.807) is 19.5 Å². The van der Waals surface area contributed by atoms with Gasteiger partial charge in [0.2, 0.25) is 0 Å². The van der Waals surface area contributed by atoms with Crippen molar-refractivity contribution < 1.29 is 28.2 Å². The van der Waals surface area contributed by atoms with Gasteiger partial charge in [0.1, 0.15) is 17.3 Å². The lowest BCUT2D eigenvalue weighted by Gasteiger charge is -2.38. The van der Waals surface area contributed by atoms with Gasteiger partial charge in [-0.2, -0.15) is 5.10 Å². The van der Waals surface area contributed by atoms with Crippen molar-refractivity contribution in [3.63, 3.8) is 0 Å². The van der Waals surface area contributed by atoms with Crippen molar-refractivity contribution in [2.24, 2.45) is 0 Å². The molecule has 10 heteroatoms. The van der Waals surface area contributed by atoms with Crippen molar-refractivity contribution in [2.75, 3.05) is 26.8 Å². The SMILES string of the molecule is COc1ccc2cc1OCCCNC(=O)c1cc(ccc1F)Oc1ccc3c(c1)CCN(C(=O)c1cccc(-c4cn[nH]c4)c1)C23. The molecule has 2 N–H and O–H groups in total. The molecule has 0 saturated heterocycles. The normalized spacial score (nSPS) is 16.0. The number of nitrogens with one attached hydrogen (secondary N) is 2. The molecule has 0 aliphatic carbocycles. The predicted molar refractivity (Wildman–Crippen MR) is 169 cm³/mol. The van der Waals surface area contributed by atoms with Crippen LogP contribution in [0.5, 0.6) is 23.0 Å². The number of rotatable bonds is 3. The van der Waals surface area contributed by atoms with E-state index in [9.17, 15) is 14.0 Å². The van der Waals surface area contributed by atoms with Gasteiger partial charge in [-0.25, -0.2) is 4.39 Å². The number of carbonyl (C=O) groups excluding carboxylic acids is 2. The molecule has 0 spiro atoms. The van der Waals surface area contributed by atoms with Crippen LogP contribution < -0.4 is 19.5 Å². The Morgan fingerprint density at radius 1 is 1.02 bits per heavy atom. The molecule has 0 radical (unpaired) electrons. The number of hydrogen-bond acceptors (Lipinski definition) is 6. The van der Waals surface area contributed by atoms with Gasteiger partial charge in [-0.3, -0.25) is 14.7 Å². The van der Waals surface area contributed by atoms with Gasteiger partial charge in [-0.05, 0) is 89.7 Å². The summed E-state index contributed by atoms with van der Waals surface area (Å²) in [4.78, 5) is 28.9. The summed E-state index contributed by atoms with van der Waals surface area (Å²) in [6.07, 6.45) is 4.59. The molecular weight excluding hydrogens is 587 g/mol. The molecule has 0 fully saturated rings. The fourth-order valence-electron chi connectivity index (χ4n) is 6.06. The molecule has 4 heterocycles. The molecule has 46 heavy (non-hydrogen) atoms. The maximum Gasteiger partial charge on any atom is 0.254 e. The Morgan fingerprint density at radius 2 is 1.89 bits per heavy atom. The van der Waals surface area contributed by atoms with E-state index in [0.29, 0.717) is 47.9 Å². The zero-order chi connectivity index (χ0) is 31.6. The van der Waals surface area contributed by atoms with Crippen molar-refractivity contribution in [2.45, 2.75) is 18.9 Å². The maximum atomic E-state index is 14.6. The van der Waals surface area contributed by atoms with E-state index in [1.807, 2.05) is 65.6 Å². The standard InChI is InChI=1S/C36H31FN4O5/c1-44-32-11-6-24-18-33(32)45-15-3-13-38-35(42)30-19-28(8-10-31(30)37)46-27-7-9-29-23(17-27)12-14-41(34(24)29)36(43)25-5-2-4-22(16-25)26-20-39-40-21-26/h2,4-11,16-21,34H,3,12-15H2,1H3,(H,38,42)(H,39,40). The van der Waals surface area contributed by atoms with Crippen molar-refractivity contribution >= 4 is 11.8 Å². The molecule has 5 aromatic rings. The molecular formula is C36H31FN4O5. The molecule has 1 atom stereocenters. The van der Waals surface area contributed by atoms with E-state index in [-0.39, 0.29) is 24.6 Å². The Hall–Kier alpha value is -5.64. The number of methoxy groups -OCH3 is 1. The molecule has 1 unspecified atom stereocenters. The van der Waals surface area contributed by atoms with Gasteiger partial charge in [0.05, 0.1) is 31.5 Å². The van der Waals surface area contributed by atoms with Crippen LogP contribution in [-0.2, 0) is 6.42 Å². The maximum absolute atomic E-state index is 14.6. The molecule has 8 rings (SSSR count). The molecule has 0 saturated carbocycles. The minimum atomic E-state index is -0.634. The summed E-state index contributed by atoms with van der Waals surface area (Å²) in [5, 5.41) is 9.63. The van der Waals surface area contributed by atoms with Crippen LogP contribution >= 0.6 is 0 Å². The first-order chi connectivity index (χ1) is 22.5. The van der Waals surface area contributed by atoms with Gasteiger partial charge in [0, 0.05) is 30.4 Å². The predicted octanol–water partition coefficient (Wildman–Crippen LogP) is 6.32. The van der Waals surface area contributed by atoms with Gasteiger partial charge in [-0.1, -0.05) is 24.3 Å². The van der Waals surface area contributed by atoms with E-state index >= 15 is 0 Å². The van der Waals surface area contributed by atoms with Crippen molar-refractivity contribution in [3.8, 4) is 34.1 Å². The van der Waals surface area contributed by atoms with Crippen LogP contribution in [0.1, 0.15) is 49.9 Å². The molecule has 232 valence electrons. The zero-order valence-electron chi connectivity index (χ0n) is 25.1. The number of aromatic amines is 1. The first-order valence-corrected chi connectivity index (χ1v) is 15.1. The summed E-state index contributed by atoms with van der Waals surface area (Å²) in [6.45, 7) is 1.01. The number of ether oxygens (including phenoxy) is 3. The number of carbonyl (C=O) groups is 2. The molecule has 3 aliphatic rings. The molecule has 4 aromatic carbocycles. The minimum absolute atomic E-state index is 0.0991. The number of halogens is 1. The van der Waals surface area contributed by atoms with E-state index in [4.69, 9.17) is 14.2 Å². The third-order valence-corrected chi connectivity index (χ3v) is 8.33. The molecule has 3 aliphatic heterocycles. The van der Waals surface area contributed by atoms with Gasteiger partial charge >= 0.3 is 0 Å². The summed E-state index contributed by atoms with van der Waals surface area (Å²) >= 11 is 0. The van der Waals surface area contributed by atoms with Crippen LogP contribution in [0.4, 0.5) is 4.39 Å². The fourth-order valence-corrected chi connectivity index (χ4v) is 6.06. The van der Waals surface area contributed by atoms with E-state index < -0.39 is 17.8 Å². The number of hydrogen-bond donors (Lipinski definition) is 2. The van der Waals surface area contributed by atoms with E-state index in [1.165, 1.54) is 18.2 Å². The second-order valence-corrected chi connectivity index (χ2v) is 11.2. The second-order valence-electron chi connectivity index (χ2n) is 11.2. The summed E-state index contributed by atoms with van der Waals surface area (Å²) in [6, 6.07) is 22.7. The zero-order valence-corrected chi connectivity index (χ0v) is 25.1. The van der Waals surface area contributed by atoms with Crippen molar-refractivity contribution in [1.29, 1.82) is 0 Å². The Morgan fingerprint density at radius 3 is 2.74 bits per heavy atom. The lowest BCUT2D eigenvalue weighted by atomic mass is 9.87. The van der Waals surface area contributed by atoms with Crippen LogP contribution in [0, 0.1) is 5.82 Å². The number of H-pyrrole nitrogens is 1. The number of benzene rings is 4. The third-order valence-electron chi connectivity index (χ3n) is 8.33. The van der Waals surface area contributed by atoms with E-state index in [0.717, 1.165) is 27.8 Å². The summed E-state index contributed by atoms with van der Waals surface area (Å²) < 4.78 is 32.4.